The predicted octanol–water partition coefficient (Wildman–Crippen LogP) is 2.92. The maximum atomic E-state index is 13.3. The molecule has 6 nitrogen and oxygen atoms in total. The summed E-state index contributed by atoms with van der Waals surface area (Å²) in [7, 11) is 2.01. The van der Waals surface area contributed by atoms with Crippen LogP contribution in [-0.4, -0.2) is 43.9 Å². The van der Waals surface area contributed by atoms with Crippen LogP contribution in [0.3, 0.4) is 0 Å². The minimum Gasteiger partial charge on any atom is -0.303 e. The second-order valence-electron chi connectivity index (χ2n) is 8.14. The van der Waals surface area contributed by atoms with Crippen LogP contribution in [0.15, 0.2) is 35.6 Å². The van der Waals surface area contributed by atoms with Crippen molar-refractivity contribution >= 4 is 10.9 Å². The van der Waals surface area contributed by atoms with Crippen LogP contribution in [0.4, 0.5) is 4.39 Å². The molecule has 0 radical (unpaired) electrons. The third-order valence-corrected chi connectivity index (χ3v) is 6.22. The summed E-state index contributed by atoms with van der Waals surface area (Å²) in [6, 6.07) is 4.44. The van der Waals surface area contributed by atoms with Crippen molar-refractivity contribution in [2.24, 2.45) is 13.0 Å². The average molecular weight is 397 g/mol. The summed E-state index contributed by atoms with van der Waals surface area (Å²) in [5, 5.41) is 5.58. The highest BCUT2D eigenvalue weighted by atomic mass is 19.1. The maximum Gasteiger partial charge on any atom is 0.289 e. The van der Waals surface area contributed by atoms with E-state index in [0.29, 0.717) is 12.5 Å². The van der Waals surface area contributed by atoms with Crippen LogP contribution >= 0.6 is 0 Å². The van der Waals surface area contributed by atoms with Crippen LogP contribution in [0.5, 0.6) is 0 Å². The van der Waals surface area contributed by atoms with Crippen LogP contribution in [0, 0.1) is 18.7 Å². The van der Waals surface area contributed by atoms with Gasteiger partial charge in [-0.05, 0) is 69.3 Å². The van der Waals surface area contributed by atoms with Gasteiger partial charge in [-0.2, -0.15) is 9.49 Å². The zero-order valence-corrected chi connectivity index (χ0v) is 17.1. The molecule has 3 aromatic rings. The fourth-order valence-electron chi connectivity index (χ4n) is 4.50. The van der Waals surface area contributed by atoms with Gasteiger partial charge < -0.3 is 4.90 Å². The highest BCUT2D eigenvalue weighted by Crippen LogP contribution is 2.27. The van der Waals surface area contributed by atoms with E-state index in [-0.39, 0.29) is 0 Å². The quantitative estimate of drug-likeness (QED) is 0.642. The highest BCUT2D eigenvalue weighted by molar-refractivity contribution is 5.82. The molecule has 0 saturated carbocycles. The number of rotatable bonds is 6. The van der Waals surface area contributed by atoms with Crippen LogP contribution < -0.4 is 5.56 Å². The van der Waals surface area contributed by atoms with Gasteiger partial charge >= 0.3 is 0 Å². The lowest BCUT2D eigenvalue weighted by Crippen LogP contribution is -2.36. The SMILES string of the molecule is Cc1c(CC2CCN(CCCn3cncc(F)c3=O)CC2)ccc2cnn(C)c12. The van der Waals surface area contributed by atoms with Crippen LogP contribution in [0.2, 0.25) is 0 Å². The summed E-state index contributed by atoms with van der Waals surface area (Å²) in [5.41, 5.74) is 3.43. The van der Waals surface area contributed by atoms with E-state index in [0.717, 1.165) is 38.7 Å². The Balaban J connectivity index is 1.27. The van der Waals surface area contributed by atoms with Gasteiger partial charge in [0.25, 0.3) is 5.56 Å². The number of hydrogen-bond donors (Lipinski definition) is 0. The van der Waals surface area contributed by atoms with Crippen LogP contribution in [0.25, 0.3) is 10.9 Å². The highest BCUT2D eigenvalue weighted by Gasteiger charge is 2.20. The molecule has 1 fully saturated rings. The Hall–Kier alpha value is -2.54. The van der Waals surface area contributed by atoms with E-state index < -0.39 is 11.4 Å². The Bertz CT molecular complexity index is 1050. The lowest BCUT2D eigenvalue weighted by Gasteiger charge is -2.32. The summed E-state index contributed by atoms with van der Waals surface area (Å²) in [6.45, 7) is 5.79. The number of piperidine rings is 1. The molecule has 29 heavy (non-hydrogen) atoms. The zero-order valence-electron chi connectivity index (χ0n) is 17.1. The second kappa shape index (κ2) is 8.45. The first-order valence-electron chi connectivity index (χ1n) is 10.4. The Labute approximate surface area is 170 Å². The van der Waals surface area contributed by atoms with E-state index in [1.54, 1.807) is 0 Å². The van der Waals surface area contributed by atoms with Crippen molar-refractivity contribution in [2.75, 3.05) is 19.6 Å². The minimum absolute atomic E-state index is 0.507. The van der Waals surface area contributed by atoms with Gasteiger partial charge in [-0.3, -0.25) is 14.0 Å². The molecule has 3 heterocycles. The summed E-state index contributed by atoms with van der Waals surface area (Å²) >= 11 is 0. The van der Waals surface area contributed by atoms with E-state index in [2.05, 4.69) is 34.0 Å². The molecule has 1 aliphatic rings. The van der Waals surface area contributed by atoms with Gasteiger partial charge in [0.05, 0.1) is 24.2 Å². The molecule has 154 valence electrons. The fraction of sp³-hybridized carbons (Fsp3) is 0.500. The Kier molecular flexibility index (Phi) is 5.76. The van der Waals surface area contributed by atoms with E-state index in [1.807, 2.05) is 17.9 Å². The van der Waals surface area contributed by atoms with Gasteiger partial charge in [0.1, 0.15) is 0 Å². The molecule has 0 amide bonds. The normalized spacial score (nSPS) is 16.0. The molecule has 0 unspecified atom stereocenters. The van der Waals surface area contributed by atoms with Crippen LogP contribution in [0.1, 0.15) is 30.4 Å². The van der Waals surface area contributed by atoms with Gasteiger partial charge in [-0.15, -0.1) is 0 Å². The van der Waals surface area contributed by atoms with Crippen LogP contribution in [-0.2, 0) is 20.0 Å². The van der Waals surface area contributed by atoms with E-state index in [4.69, 9.17) is 0 Å². The smallest absolute Gasteiger partial charge is 0.289 e. The van der Waals surface area contributed by atoms with Crippen molar-refractivity contribution in [3.05, 3.63) is 58.2 Å². The molecule has 0 aliphatic carbocycles. The molecular weight excluding hydrogens is 369 g/mol. The minimum atomic E-state index is -0.784. The molecule has 1 aliphatic heterocycles. The van der Waals surface area contributed by atoms with E-state index in [1.165, 1.54) is 45.8 Å². The Morgan fingerprint density at radius 3 is 2.76 bits per heavy atom. The number of benzene rings is 1. The molecule has 1 aromatic carbocycles. The third kappa shape index (κ3) is 4.24. The lowest BCUT2D eigenvalue weighted by molar-refractivity contribution is 0.179. The second-order valence-corrected chi connectivity index (χ2v) is 8.14. The van der Waals surface area contributed by atoms with Gasteiger partial charge in [0.2, 0.25) is 5.82 Å². The molecule has 1 saturated heterocycles. The van der Waals surface area contributed by atoms with Crippen molar-refractivity contribution in [2.45, 2.75) is 39.2 Å². The Morgan fingerprint density at radius 1 is 1.17 bits per heavy atom. The summed E-state index contributed by atoms with van der Waals surface area (Å²) in [5.74, 6) is -0.0846. The molecule has 0 atom stereocenters. The number of aryl methyl sites for hydroxylation is 3. The number of hydrogen-bond acceptors (Lipinski definition) is 4. The number of aromatic nitrogens is 4. The lowest BCUT2D eigenvalue weighted by atomic mass is 9.88. The van der Waals surface area contributed by atoms with Crippen molar-refractivity contribution < 1.29 is 4.39 Å². The zero-order chi connectivity index (χ0) is 20.4. The number of halogens is 1. The number of fused-ring (bicyclic) bond motifs is 1. The average Bonchev–Trinajstić information content (AvgIpc) is 3.10. The fourth-order valence-corrected chi connectivity index (χ4v) is 4.50. The monoisotopic (exact) mass is 397 g/mol. The molecular formula is C22H28FN5O. The van der Waals surface area contributed by atoms with Gasteiger partial charge in [-0.1, -0.05) is 12.1 Å². The molecule has 0 N–H and O–H groups in total. The standard InChI is InChI=1S/C22H28FN5O/c1-16-18(4-5-19-13-25-26(2)21(16)19)12-17-6-10-27(11-7-17)8-3-9-28-15-24-14-20(23)22(28)29/h4-5,13-15,17H,3,6-12H2,1-2H3. The molecule has 7 heteroatoms. The van der Waals surface area contributed by atoms with Crippen molar-refractivity contribution in [3.8, 4) is 0 Å². The molecule has 2 aromatic heterocycles. The predicted molar refractivity (Wildman–Crippen MR) is 111 cm³/mol. The van der Waals surface area contributed by atoms with E-state index >= 15 is 0 Å². The molecule has 0 spiro atoms. The van der Waals surface area contributed by atoms with Gasteiger partial charge in [0, 0.05) is 19.0 Å². The van der Waals surface area contributed by atoms with Crippen molar-refractivity contribution in [1.82, 2.24) is 24.2 Å². The third-order valence-electron chi connectivity index (χ3n) is 6.22. The van der Waals surface area contributed by atoms with Gasteiger partial charge in [-0.25, -0.2) is 4.98 Å². The van der Waals surface area contributed by atoms with Crippen molar-refractivity contribution in [3.63, 3.8) is 0 Å². The first-order valence-corrected chi connectivity index (χ1v) is 10.4. The van der Waals surface area contributed by atoms with Gasteiger partial charge in [0.15, 0.2) is 0 Å². The summed E-state index contributed by atoms with van der Waals surface area (Å²) in [6.07, 6.45) is 8.63. The van der Waals surface area contributed by atoms with Crippen molar-refractivity contribution in [1.29, 1.82) is 0 Å². The first-order chi connectivity index (χ1) is 14.0. The summed E-state index contributed by atoms with van der Waals surface area (Å²) in [4.78, 5) is 17.9. The summed E-state index contributed by atoms with van der Waals surface area (Å²) < 4.78 is 16.6. The number of nitrogens with zero attached hydrogens (tertiary/aromatic N) is 5. The van der Waals surface area contributed by atoms with E-state index in [9.17, 15) is 9.18 Å². The molecule has 0 bridgehead atoms. The first kappa shape index (κ1) is 19.8. The number of likely N-dealkylation sites (tertiary alicyclic amines) is 1. The molecule has 4 rings (SSSR count). The Morgan fingerprint density at radius 2 is 1.97 bits per heavy atom. The maximum absolute atomic E-state index is 13.3. The topological polar surface area (TPSA) is 56.0 Å². The largest absolute Gasteiger partial charge is 0.303 e.